The number of aliphatic hydroxyl groups excluding tert-OH is 6. The van der Waals surface area contributed by atoms with Crippen molar-refractivity contribution in [2.24, 2.45) is 52.3 Å². The summed E-state index contributed by atoms with van der Waals surface area (Å²) in [7, 11) is 0. The summed E-state index contributed by atoms with van der Waals surface area (Å²) in [5.41, 5.74) is 0.0537. The molecular formula is C32H56O8. The van der Waals surface area contributed by atoms with Gasteiger partial charge in [0.2, 0.25) is 0 Å². The quantitative estimate of drug-likeness (QED) is 0.263. The molecule has 1 heterocycles. The third-order valence-corrected chi connectivity index (χ3v) is 12.8. The van der Waals surface area contributed by atoms with Crippen LogP contribution in [0.5, 0.6) is 0 Å². The van der Waals surface area contributed by atoms with Crippen molar-refractivity contribution in [2.75, 3.05) is 6.61 Å². The Labute approximate surface area is 240 Å². The van der Waals surface area contributed by atoms with Crippen LogP contribution in [0.25, 0.3) is 0 Å². The van der Waals surface area contributed by atoms with Crippen LogP contribution in [-0.2, 0) is 9.47 Å². The molecule has 0 unspecified atom stereocenters. The second kappa shape index (κ2) is 11.6. The van der Waals surface area contributed by atoms with Gasteiger partial charge in [-0.25, -0.2) is 0 Å². The van der Waals surface area contributed by atoms with Gasteiger partial charge in [-0.1, -0.05) is 34.6 Å². The normalized spacial score (nSPS) is 52.2. The minimum atomic E-state index is -1.18. The molecular weight excluding hydrogens is 512 g/mol. The molecule has 0 spiro atoms. The van der Waals surface area contributed by atoms with Gasteiger partial charge >= 0.3 is 0 Å². The Kier molecular flexibility index (Phi) is 9.06. The highest BCUT2D eigenvalue weighted by molar-refractivity contribution is 5.13. The molecule has 232 valence electrons. The molecule has 5 fully saturated rings. The van der Waals surface area contributed by atoms with Crippen molar-refractivity contribution < 1.29 is 40.1 Å². The Morgan fingerprint density at radius 3 is 2.17 bits per heavy atom. The molecule has 0 aromatic carbocycles. The minimum absolute atomic E-state index is 0.0223. The predicted octanol–water partition coefficient (Wildman–Crippen LogP) is 2.84. The monoisotopic (exact) mass is 568 g/mol. The summed E-state index contributed by atoms with van der Waals surface area (Å²) in [5.74, 6) is 2.09. The molecule has 16 atom stereocenters. The number of aliphatic hydroxyl groups is 6. The van der Waals surface area contributed by atoms with E-state index in [4.69, 9.17) is 9.47 Å². The fourth-order valence-electron chi connectivity index (χ4n) is 10.6. The molecule has 0 aromatic heterocycles. The van der Waals surface area contributed by atoms with E-state index in [1.807, 2.05) is 0 Å². The van der Waals surface area contributed by atoms with E-state index < -0.39 is 30.7 Å². The van der Waals surface area contributed by atoms with Crippen molar-refractivity contribution in [1.82, 2.24) is 0 Å². The van der Waals surface area contributed by atoms with Crippen molar-refractivity contribution in [1.29, 1.82) is 0 Å². The van der Waals surface area contributed by atoms with E-state index in [0.717, 1.165) is 51.4 Å². The minimum Gasteiger partial charge on any atom is -0.394 e. The lowest BCUT2D eigenvalue weighted by Crippen LogP contribution is -2.59. The van der Waals surface area contributed by atoms with Gasteiger partial charge < -0.3 is 40.1 Å². The van der Waals surface area contributed by atoms with Gasteiger partial charge in [-0.2, -0.15) is 0 Å². The molecule has 4 saturated carbocycles. The van der Waals surface area contributed by atoms with Crippen molar-refractivity contribution in [3.8, 4) is 0 Å². The van der Waals surface area contributed by atoms with Gasteiger partial charge in [0.05, 0.1) is 31.0 Å². The number of rotatable bonds is 8. The van der Waals surface area contributed by atoms with E-state index in [9.17, 15) is 30.6 Å². The van der Waals surface area contributed by atoms with Gasteiger partial charge in [0.25, 0.3) is 0 Å². The Balaban J connectivity index is 1.26. The Bertz CT molecular complexity index is 870. The van der Waals surface area contributed by atoms with E-state index >= 15 is 0 Å². The zero-order valence-corrected chi connectivity index (χ0v) is 25.2. The lowest BCUT2D eigenvalue weighted by molar-refractivity contribution is -0.203. The molecule has 4 aliphatic carbocycles. The summed E-state index contributed by atoms with van der Waals surface area (Å²) in [6, 6.07) is 0. The first-order valence-corrected chi connectivity index (χ1v) is 16.1. The van der Waals surface area contributed by atoms with E-state index in [0.29, 0.717) is 30.1 Å². The topological polar surface area (TPSA) is 140 Å². The zero-order chi connectivity index (χ0) is 29.1. The van der Waals surface area contributed by atoms with Gasteiger partial charge in [-0.15, -0.1) is 0 Å². The molecule has 40 heavy (non-hydrogen) atoms. The number of fused-ring (bicyclic) bond motifs is 5. The first-order chi connectivity index (χ1) is 18.8. The van der Waals surface area contributed by atoms with E-state index in [1.54, 1.807) is 0 Å². The van der Waals surface area contributed by atoms with Gasteiger partial charge in [0.1, 0.15) is 18.3 Å². The molecule has 0 bridgehead atoms. The maximum absolute atomic E-state index is 11.6. The standard InChI is InChI=1S/C32H56O8/c1-16(2)25(39-30-29(38)28(37)26(15-33)40-30)7-6-17(3)21-14-24(36)27-19-13-23(35)22-12-18(34)8-10-31(22,4)20(19)9-11-32(21,27)5/h16-30,33-38H,6-15H2,1-5H3/t17-,18+,19-,20+,21-,22-,23+,24-,25+,26-,27-,28+,29-,30-,31-,32-/m1/s1. The molecule has 5 rings (SSSR count). The third kappa shape index (κ3) is 5.21. The molecule has 0 radical (unpaired) electrons. The lowest BCUT2D eigenvalue weighted by Gasteiger charge is -2.62. The maximum atomic E-state index is 11.6. The van der Waals surface area contributed by atoms with Crippen molar-refractivity contribution >= 4 is 0 Å². The first kappa shape index (κ1) is 31.1. The highest BCUT2D eigenvalue weighted by Crippen LogP contribution is 2.68. The predicted molar refractivity (Wildman–Crippen MR) is 150 cm³/mol. The second-order valence-electron chi connectivity index (χ2n) is 15.3. The lowest BCUT2D eigenvalue weighted by atomic mass is 9.43. The fourth-order valence-corrected chi connectivity index (χ4v) is 10.6. The number of ether oxygens (including phenoxy) is 2. The van der Waals surface area contributed by atoms with Crippen molar-refractivity contribution in [3.05, 3.63) is 0 Å². The Morgan fingerprint density at radius 2 is 1.52 bits per heavy atom. The Morgan fingerprint density at radius 1 is 0.825 bits per heavy atom. The molecule has 6 N–H and O–H groups in total. The molecule has 8 heteroatoms. The zero-order valence-electron chi connectivity index (χ0n) is 25.2. The Hall–Kier alpha value is -0.320. The maximum Gasteiger partial charge on any atom is 0.186 e. The van der Waals surface area contributed by atoms with E-state index in [2.05, 4.69) is 34.6 Å². The smallest absolute Gasteiger partial charge is 0.186 e. The fraction of sp³-hybridized carbons (Fsp3) is 1.00. The molecule has 8 nitrogen and oxygen atoms in total. The highest BCUT2D eigenvalue weighted by Gasteiger charge is 2.64. The molecule has 0 amide bonds. The second-order valence-corrected chi connectivity index (χ2v) is 15.3. The van der Waals surface area contributed by atoms with Crippen molar-refractivity contribution in [2.45, 2.75) is 141 Å². The van der Waals surface area contributed by atoms with Gasteiger partial charge in [0.15, 0.2) is 6.29 Å². The summed E-state index contributed by atoms with van der Waals surface area (Å²) in [4.78, 5) is 0. The van der Waals surface area contributed by atoms with Crippen molar-refractivity contribution in [3.63, 3.8) is 0 Å². The van der Waals surface area contributed by atoms with Crippen LogP contribution in [0.2, 0.25) is 0 Å². The van der Waals surface area contributed by atoms with Crippen LogP contribution in [0.1, 0.15) is 92.4 Å². The van der Waals surface area contributed by atoms with Crippen LogP contribution in [0.4, 0.5) is 0 Å². The highest BCUT2D eigenvalue weighted by atomic mass is 16.7. The number of hydrogen-bond acceptors (Lipinski definition) is 8. The molecule has 1 saturated heterocycles. The van der Waals surface area contributed by atoms with Crippen LogP contribution in [0.3, 0.4) is 0 Å². The van der Waals surface area contributed by atoms with Gasteiger partial charge in [0, 0.05) is 0 Å². The van der Waals surface area contributed by atoms with Crippen LogP contribution in [0.15, 0.2) is 0 Å². The van der Waals surface area contributed by atoms with Crippen LogP contribution in [-0.4, -0.2) is 86.3 Å². The third-order valence-electron chi connectivity index (χ3n) is 12.8. The average molecular weight is 569 g/mol. The first-order valence-electron chi connectivity index (χ1n) is 16.1. The van der Waals surface area contributed by atoms with Gasteiger partial charge in [-0.3, -0.25) is 0 Å². The van der Waals surface area contributed by atoms with Gasteiger partial charge in [-0.05, 0) is 110 Å². The summed E-state index contributed by atoms with van der Waals surface area (Å²) < 4.78 is 11.8. The van der Waals surface area contributed by atoms with Crippen LogP contribution in [0, 0.1) is 52.3 Å². The summed E-state index contributed by atoms with van der Waals surface area (Å²) >= 11 is 0. The summed E-state index contributed by atoms with van der Waals surface area (Å²) in [6.07, 6.45) is 2.57. The van der Waals surface area contributed by atoms with Crippen LogP contribution < -0.4 is 0 Å². The molecule has 1 aliphatic heterocycles. The van der Waals surface area contributed by atoms with Crippen LogP contribution >= 0.6 is 0 Å². The SMILES string of the molecule is CC(C)[C@H](CC[C@@H](C)[C@H]1C[C@@H](O)[C@H]2[C@@H]3C[C@H](O)[C@H]4C[C@@H](O)CC[C@]4(C)[C@H]3CC[C@@]21C)O[C@@H]1O[C@H](CO)[C@H](O)[C@H]1O. The van der Waals surface area contributed by atoms with E-state index in [1.165, 1.54) is 0 Å². The molecule has 5 aliphatic rings. The van der Waals surface area contributed by atoms with E-state index in [-0.39, 0.29) is 53.5 Å². The largest absolute Gasteiger partial charge is 0.394 e. The number of hydrogen-bond donors (Lipinski definition) is 6. The summed E-state index contributed by atoms with van der Waals surface area (Å²) in [6.45, 7) is 10.9. The molecule has 0 aromatic rings. The summed E-state index contributed by atoms with van der Waals surface area (Å²) in [5, 5.41) is 63.2. The average Bonchev–Trinajstić information content (AvgIpc) is 3.34.